The van der Waals surface area contributed by atoms with Crippen LogP contribution in [0.4, 0.5) is 0 Å². The number of nitrogens with zero attached hydrogens (tertiary/aromatic N) is 1. The third-order valence-electron chi connectivity index (χ3n) is 4.30. The van der Waals surface area contributed by atoms with Crippen LogP contribution in [0.2, 0.25) is 5.02 Å². The molecule has 1 aliphatic rings. The Balaban J connectivity index is 1.97. The van der Waals surface area contributed by atoms with Crippen molar-refractivity contribution < 1.29 is 16.8 Å². The van der Waals surface area contributed by atoms with Crippen LogP contribution in [0.5, 0.6) is 0 Å². The van der Waals surface area contributed by atoms with Crippen molar-refractivity contribution in [2.45, 2.75) is 36.0 Å². The van der Waals surface area contributed by atoms with E-state index in [-0.39, 0.29) is 21.4 Å². The summed E-state index contributed by atoms with van der Waals surface area (Å²) in [6, 6.07) is 3.70. The number of benzene rings is 1. The van der Waals surface area contributed by atoms with Gasteiger partial charge in [-0.25, -0.2) is 21.6 Å². The van der Waals surface area contributed by atoms with Crippen LogP contribution in [0.15, 0.2) is 28.0 Å². The van der Waals surface area contributed by atoms with Gasteiger partial charge in [0.25, 0.3) is 0 Å². The van der Waals surface area contributed by atoms with Gasteiger partial charge >= 0.3 is 0 Å². The summed E-state index contributed by atoms with van der Waals surface area (Å²) >= 11 is 5.96. The molecular formula is C16H25ClN2O4S2. The molecule has 1 aromatic carbocycles. The van der Waals surface area contributed by atoms with Crippen LogP contribution in [-0.2, 0) is 19.9 Å². The fourth-order valence-corrected chi connectivity index (χ4v) is 5.32. The van der Waals surface area contributed by atoms with E-state index < -0.39 is 19.9 Å². The monoisotopic (exact) mass is 408 g/mol. The van der Waals surface area contributed by atoms with Crippen molar-refractivity contribution in [3.63, 3.8) is 0 Å². The molecule has 6 nitrogen and oxygen atoms in total. The lowest BCUT2D eigenvalue weighted by molar-refractivity contribution is 0.182. The van der Waals surface area contributed by atoms with Gasteiger partial charge in [-0.15, -0.1) is 0 Å². The summed E-state index contributed by atoms with van der Waals surface area (Å²) in [7, 11) is -7.36. The average molecular weight is 409 g/mol. The maximum Gasteiger partial charge on any atom is 0.242 e. The highest BCUT2D eigenvalue weighted by molar-refractivity contribution is 7.91. The lowest BCUT2D eigenvalue weighted by Gasteiger charge is -2.30. The topological polar surface area (TPSA) is 83.6 Å². The second kappa shape index (κ2) is 8.35. The SMILES string of the molecule is CC1CCCN(CCCNS(=O)(=O)c2cc(S(C)(=O)=O)ccc2Cl)C1. The quantitative estimate of drug-likeness (QED) is 0.699. The average Bonchev–Trinajstić information content (AvgIpc) is 2.51. The lowest BCUT2D eigenvalue weighted by Crippen LogP contribution is -2.36. The number of hydrogen-bond donors (Lipinski definition) is 1. The summed E-state index contributed by atoms with van der Waals surface area (Å²) in [5.41, 5.74) is 0. The minimum absolute atomic E-state index is 0.00440. The second-order valence-electron chi connectivity index (χ2n) is 6.66. The van der Waals surface area contributed by atoms with Crippen LogP contribution < -0.4 is 4.72 Å². The molecule has 142 valence electrons. The first-order valence-electron chi connectivity index (χ1n) is 8.31. The predicted molar refractivity (Wildman–Crippen MR) is 99.2 cm³/mol. The Morgan fingerprint density at radius 2 is 2.00 bits per heavy atom. The van der Waals surface area contributed by atoms with Gasteiger partial charge in [0.05, 0.1) is 9.92 Å². The number of sulfonamides is 1. The van der Waals surface area contributed by atoms with Crippen molar-refractivity contribution in [2.75, 3.05) is 32.4 Å². The molecule has 1 atom stereocenters. The molecule has 1 fully saturated rings. The Kier molecular flexibility index (Phi) is 6.89. The maximum absolute atomic E-state index is 12.4. The lowest BCUT2D eigenvalue weighted by atomic mass is 10.0. The molecule has 1 unspecified atom stereocenters. The summed E-state index contributed by atoms with van der Waals surface area (Å²) in [5.74, 6) is 0.683. The first-order chi connectivity index (χ1) is 11.6. The molecule has 1 saturated heterocycles. The van der Waals surface area contributed by atoms with Crippen LogP contribution in [0.25, 0.3) is 0 Å². The zero-order chi connectivity index (χ0) is 18.7. The van der Waals surface area contributed by atoms with Gasteiger partial charge in [-0.3, -0.25) is 0 Å². The molecule has 0 radical (unpaired) electrons. The molecule has 0 spiro atoms. The standard InChI is InChI=1S/C16H25ClN2O4S2/c1-13-5-3-9-19(12-13)10-4-8-18-25(22,23)16-11-14(24(2,20)21)6-7-15(16)17/h6-7,11,13,18H,3-5,8-10,12H2,1-2H3. The Hall–Kier alpha value is -0.670. The highest BCUT2D eigenvalue weighted by Crippen LogP contribution is 2.24. The number of nitrogens with one attached hydrogen (secondary N) is 1. The first kappa shape index (κ1) is 20.6. The van der Waals surface area contributed by atoms with Crippen LogP contribution >= 0.6 is 11.6 Å². The first-order valence-corrected chi connectivity index (χ1v) is 12.1. The van der Waals surface area contributed by atoms with Gasteiger partial charge in [-0.1, -0.05) is 18.5 Å². The molecule has 1 aliphatic heterocycles. The van der Waals surface area contributed by atoms with Gasteiger partial charge < -0.3 is 4.90 Å². The van der Waals surface area contributed by atoms with Gasteiger partial charge in [-0.2, -0.15) is 0 Å². The second-order valence-corrected chi connectivity index (χ2v) is 10.8. The Morgan fingerprint density at radius 3 is 2.64 bits per heavy atom. The van der Waals surface area contributed by atoms with E-state index in [0.717, 1.165) is 32.0 Å². The van der Waals surface area contributed by atoms with E-state index in [0.29, 0.717) is 12.3 Å². The molecule has 9 heteroatoms. The molecular weight excluding hydrogens is 384 g/mol. The molecule has 1 aromatic rings. The van der Waals surface area contributed by atoms with Crippen LogP contribution in [0.1, 0.15) is 26.2 Å². The summed E-state index contributed by atoms with van der Waals surface area (Å²) < 4.78 is 50.6. The number of likely N-dealkylation sites (tertiary alicyclic amines) is 1. The van der Waals surface area contributed by atoms with Crippen molar-refractivity contribution in [2.24, 2.45) is 5.92 Å². The minimum Gasteiger partial charge on any atom is -0.303 e. The number of sulfone groups is 1. The van der Waals surface area contributed by atoms with E-state index in [2.05, 4.69) is 16.5 Å². The van der Waals surface area contributed by atoms with Gasteiger partial charge in [0.2, 0.25) is 10.0 Å². The van der Waals surface area contributed by atoms with E-state index in [1.165, 1.54) is 25.0 Å². The van der Waals surface area contributed by atoms with E-state index in [1.807, 2.05) is 0 Å². The van der Waals surface area contributed by atoms with Crippen molar-refractivity contribution in [3.05, 3.63) is 23.2 Å². The highest BCUT2D eigenvalue weighted by atomic mass is 35.5. The van der Waals surface area contributed by atoms with Crippen LogP contribution in [-0.4, -0.2) is 54.2 Å². The number of piperidine rings is 1. The normalized spacial score (nSPS) is 19.9. The van der Waals surface area contributed by atoms with Crippen molar-refractivity contribution >= 4 is 31.5 Å². The Bertz CT molecular complexity index is 809. The molecule has 25 heavy (non-hydrogen) atoms. The summed E-state index contributed by atoms with van der Waals surface area (Å²) in [6.07, 6.45) is 4.15. The molecule has 0 bridgehead atoms. The minimum atomic E-state index is -3.85. The predicted octanol–water partition coefficient (Wildman–Crippen LogP) is 2.14. The van der Waals surface area contributed by atoms with Crippen molar-refractivity contribution in [1.82, 2.24) is 9.62 Å². The van der Waals surface area contributed by atoms with E-state index in [9.17, 15) is 16.8 Å². The maximum atomic E-state index is 12.4. The van der Waals surface area contributed by atoms with Crippen LogP contribution in [0, 0.1) is 5.92 Å². The van der Waals surface area contributed by atoms with Gasteiger partial charge in [0.1, 0.15) is 4.90 Å². The Morgan fingerprint density at radius 1 is 1.28 bits per heavy atom. The fraction of sp³-hybridized carbons (Fsp3) is 0.625. The van der Waals surface area contributed by atoms with E-state index >= 15 is 0 Å². The summed E-state index contributed by atoms with van der Waals surface area (Å²) in [4.78, 5) is 2.07. The van der Waals surface area contributed by atoms with Crippen molar-refractivity contribution in [1.29, 1.82) is 0 Å². The zero-order valence-electron chi connectivity index (χ0n) is 14.5. The smallest absolute Gasteiger partial charge is 0.242 e. The molecule has 0 saturated carbocycles. The summed E-state index contributed by atoms with van der Waals surface area (Å²) in [6.45, 7) is 5.45. The zero-order valence-corrected chi connectivity index (χ0v) is 16.9. The molecule has 0 aromatic heterocycles. The Labute approximate surface area is 155 Å². The largest absolute Gasteiger partial charge is 0.303 e. The van der Waals surface area contributed by atoms with E-state index in [4.69, 9.17) is 11.6 Å². The van der Waals surface area contributed by atoms with Gasteiger partial charge in [0.15, 0.2) is 9.84 Å². The van der Waals surface area contributed by atoms with Gasteiger partial charge in [-0.05, 0) is 56.5 Å². The van der Waals surface area contributed by atoms with Gasteiger partial charge in [0, 0.05) is 19.3 Å². The number of hydrogen-bond acceptors (Lipinski definition) is 5. The molecule has 0 amide bonds. The number of halogens is 1. The molecule has 2 rings (SSSR count). The third-order valence-corrected chi connectivity index (χ3v) is 7.36. The van der Waals surface area contributed by atoms with E-state index in [1.54, 1.807) is 0 Å². The highest BCUT2D eigenvalue weighted by Gasteiger charge is 2.21. The molecule has 1 heterocycles. The number of rotatable bonds is 7. The fourth-order valence-electron chi connectivity index (χ4n) is 3.00. The van der Waals surface area contributed by atoms with Crippen LogP contribution in [0.3, 0.4) is 0 Å². The summed E-state index contributed by atoms with van der Waals surface area (Å²) in [5, 5.41) is 0.00440. The van der Waals surface area contributed by atoms with Crippen molar-refractivity contribution in [3.8, 4) is 0 Å². The third kappa shape index (κ3) is 5.92. The molecule has 1 N–H and O–H groups in total. The molecule has 0 aliphatic carbocycles.